The van der Waals surface area contributed by atoms with Crippen LogP contribution in [0.25, 0.3) is 0 Å². The lowest BCUT2D eigenvalue weighted by molar-refractivity contribution is -0.144. The molecule has 2 unspecified atom stereocenters. The predicted octanol–water partition coefficient (Wildman–Crippen LogP) is 0.998. The van der Waals surface area contributed by atoms with Crippen LogP contribution in [0.5, 0.6) is 0 Å². The molecule has 0 bridgehead atoms. The van der Waals surface area contributed by atoms with Gasteiger partial charge in [0.2, 0.25) is 0 Å². The van der Waals surface area contributed by atoms with Gasteiger partial charge in [0, 0.05) is 38.3 Å². The van der Waals surface area contributed by atoms with Crippen molar-refractivity contribution in [2.75, 3.05) is 32.7 Å². The second-order valence-electron chi connectivity index (χ2n) is 6.58. The number of piperazine rings is 1. The topological polar surface area (TPSA) is 55.8 Å². The van der Waals surface area contributed by atoms with Gasteiger partial charge < -0.3 is 10.0 Å². The maximum absolute atomic E-state index is 11.5. The molecule has 1 saturated carbocycles. The number of hydrogen-bond acceptors (Lipinski definition) is 4. The van der Waals surface area contributed by atoms with Crippen LogP contribution in [-0.4, -0.2) is 71.2 Å². The van der Waals surface area contributed by atoms with E-state index in [1.807, 2.05) is 6.92 Å². The van der Waals surface area contributed by atoms with E-state index in [2.05, 4.69) is 29.0 Å². The Kier molecular flexibility index (Phi) is 5.04. The first kappa shape index (κ1) is 15.7. The zero-order valence-electron chi connectivity index (χ0n) is 13.1. The SMILES string of the molecule is CCN1CCN(CCC(C)(NC2CC2)C(=O)O)CC1C. The maximum Gasteiger partial charge on any atom is 0.323 e. The molecule has 2 rings (SSSR count). The lowest BCUT2D eigenvalue weighted by atomic mass is 9.97. The Bertz CT molecular complexity index is 346. The maximum atomic E-state index is 11.5. The van der Waals surface area contributed by atoms with Gasteiger partial charge in [0.25, 0.3) is 0 Å². The first-order valence-electron chi connectivity index (χ1n) is 7.92. The van der Waals surface area contributed by atoms with Crippen molar-refractivity contribution in [3.63, 3.8) is 0 Å². The van der Waals surface area contributed by atoms with Crippen LogP contribution in [0, 0.1) is 0 Å². The first-order chi connectivity index (χ1) is 9.44. The minimum absolute atomic E-state index is 0.423. The smallest absolute Gasteiger partial charge is 0.323 e. The van der Waals surface area contributed by atoms with Crippen LogP contribution in [0.4, 0.5) is 0 Å². The molecule has 2 atom stereocenters. The standard InChI is InChI=1S/C15H29N3O2/c1-4-18-10-9-17(11-12(18)2)8-7-15(3,14(19)20)16-13-5-6-13/h12-13,16H,4-11H2,1-3H3,(H,19,20). The van der Waals surface area contributed by atoms with Crippen LogP contribution in [0.1, 0.15) is 40.0 Å². The van der Waals surface area contributed by atoms with Gasteiger partial charge in [-0.3, -0.25) is 15.0 Å². The summed E-state index contributed by atoms with van der Waals surface area (Å²) in [6, 6.07) is 0.994. The van der Waals surface area contributed by atoms with Crippen molar-refractivity contribution in [1.29, 1.82) is 0 Å². The molecule has 0 amide bonds. The zero-order chi connectivity index (χ0) is 14.8. The fourth-order valence-corrected chi connectivity index (χ4v) is 3.04. The van der Waals surface area contributed by atoms with Gasteiger partial charge in [0.15, 0.2) is 0 Å². The fourth-order valence-electron chi connectivity index (χ4n) is 3.04. The second-order valence-corrected chi connectivity index (χ2v) is 6.58. The van der Waals surface area contributed by atoms with E-state index in [0.29, 0.717) is 18.5 Å². The van der Waals surface area contributed by atoms with E-state index in [4.69, 9.17) is 0 Å². The lowest BCUT2D eigenvalue weighted by Crippen LogP contribution is -2.55. The van der Waals surface area contributed by atoms with Gasteiger partial charge in [-0.25, -0.2) is 0 Å². The minimum Gasteiger partial charge on any atom is -0.480 e. The molecule has 0 radical (unpaired) electrons. The van der Waals surface area contributed by atoms with Crippen molar-refractivity contribution in [2.24, 2.45) is 0 Å². The lowest BCUT2D eigenvalue weighted by Gasteiger charge is -2.40. The van der Waals surface area contributed by atoms with Gasteiger partial charge in [-0.1, -0.05) is 6.92 Å². The van der Waals surface area contributed by atoms with Crippen LogP contribution >= 0.6 is 0 Å². The van der Waals surface area contributed by atoms with Crippen molar-refractivity contribution < 1.29 is 9.90 Å². The van der Waals surface area contributed by atoms with Crippen LogP contribution in [-0.2, 0) is 4.79 Å². The van der Waals surface area contributed by atoms with Crippen molar-refractivity contribution in [1.82, 2.24) is 15.1 Å². The summed E-state index contributed by atoms with van der Waals surface area (Å²) in [4.78, 5) is 16.4. The highest BCUT2D eigenvalue weighted by molar-refractivity contribution is 5.78. The number of rotatable bonds is 7. The Morgan fingerprint density at radius 3 is 2.60 bits per heavy atom. The molecule has 5 nitrogen and oxygen atoms in total. The summed E-state index contributed by atoms with van der Waals surface area (Å²) >= 11 is 0. The van der Waals surface area contributed by atoms with Gasteiger partial charge >= 0.3 is 5.97 Å². The molecule has 2 N–H and O–H groups in total. The molecule has 1 heterocycles. The number of hydrogen-bond donors (Lipinski definition) is 2. The Morgan fingerprint density at radius 1 is 1.40 bits per heavy atom. The Labute approximate surface area is 122 Å². The minimum atomic E-state index is -0.772. The fraction of sp³-hybridized carbons (Fsp3) is 0.933. The van der Waals surface area contributed by atoms with Crippen molar-refractivity contribution in [3.8, 4) is 0 Å². The summed E-state index contributed by atoms with van der Waals surface area (Å²) in [6.45, 7) is 11.5. The summed E-state index contributed by atoms with van der Waals surface area (Å²) in [5.41, 5.74) is -0.772. The third-order valence-electron chi connectivity index (χ3n) is 4.76. The number of nitrogens with zero attached hydrogens (tertiary/aromatic N) is 2. The number of carboxylic acids is 1. The number of carbonyl (C=O) groups is 1. The Morgan fingerprint density at radius 2 is 2.10 bits per heavy atom. The summed E-state index contributed by atoms with van der Waals surface area (Å²) < 4.78 is 0. The molecule has 0 aromatic heterocycles. The highest BCUT2D eigenvalue weighted by Crippen LogP contribution is 2.24. The Hall–Kier alpha value is -0.650. The molecular formula is C15H29N3O2. The van der Waals surface area contributed by atoms with E-state index in [-0.39, 0.29) is 0 Å². The monoisotopic (exact) mass is 283 g/mol. The predicted molar refractivity (Wildman–Crippen MR) is 80.0 cm³/mol. The van der Waals surface area contributed by atoms with Crippen molar-refractivity contribution in [3.05, 3.63) is 0 Å². The van der Waals surface area contributed by atoms with E-state index >= 15 is 0 Å². The quantitative estimate of drug-likeness (QED) is 0.730. The molecule has 5 heteroatoms. The molecule has 0 spiro atoms. The average Bonchev–Trinajstić information content (AvgIpc) is 3.20. The number of nitrogens with one attached hydrogen (secondary N) is 1. The number of aliphatic carboxylic acids is 1. The largest absolute Gasteiger partial charge is 0.480 e. The van der Waals surface area contributed by atoms with Gasteiger partial charge in [-0.05, 0) is 39.7 Å². The van der Waals surface area contributed by atoms with E-state index in [9.17, 15) is 9.90 Å². The van der Waals surface area contributed by atoms with E-state index < -0.39 is 11.5 Å². The van der Waals surface area contributed by atoms with E-state index in [0.717, 1.165) is 45.6 Å². The average molecular weight is 283 g/mol. The van der Waals surface area contributed by atoms with Gasteiger partial charge in [0.05, 0.1) is 0 Å². The van der Waals surface area contributed by atoms with E-state index in [1.54, 1.807) is 0 Å². The van der Waals surface area contributed by atoms with Gasteiger partial charge in [-0.15, -0.1) is 0 Å². The van der Waals surface area contributed by atoms with Crippen LogP contribution in [0.3, 0.4) is 0 Å². The van der Waals surface area contributed by atoms with Crippen LogP contribution in [0.15, 0.2) is 0 Å². The summed E-state index contributed by atoms with van der Waals surface area (Å²) in [7, 11) is 0. The molecular weight excluding hydrogens is 254 g/mol. The highest BCUT2D eigenvalue weighted by atomic mass is 16.4. The van der Waals surface area contributed by atoms with Crippen molar-refractivity contribution in [2.45, 2.75) is 57.7 Å². The first-order valence-corrected chi connectivity index (χ1v) is 7.92. The Balaban J connectivity index is 1.82. The normalized spacial score (nSPS) is 28.2. The molecule has 0 aromatic rings. The van der Waals surface area contributed by atoms with Crippen molar-refractivity contribution >= 4 is 5.97 Å². The molecule has 20 heavy (non-hydrogen) atoms. The molecule has 0 aromatic carbocycles. The molecule has 116 valence electrons. The zero-order valence-corrected chi connectivity index (χ0v) is 13.1. The van der Waals surface area contributed by atoms with Gasteiger partial charge in [-0.2, -0.15) is 0 Å². The van der Waals surface area contributed by atoms with Gasteiger partial charge in [0.1, 0.15) is 5.54 Å². The van der Waals surface area contributed by atoms with E-state index in [1.165, 1.54) is 0 Å². The molecule has 2 fully saturated rings. The second kappa shape index (κ2) is 6.41. The summed E-state index contributed by atoms with van der Waals surface area (Å²) in [5, 5.41) is 12.8. The third-order valence-corrected chi connectivity index (χ3v) is 4.76. The molecule has 1 saturated heterocycles. The third kappa shape index (κ3) is 3.93. The molecule has 1 aliphatic heterocycles. The highest BCUT2D eigenvalue weighted by Gasteiger charge is 2.38. The number of carboxylic acid groups (broad SMARTS) is 1. The summed E-state index contributed by atoms with van der Waals surface area (Å²) in [5.74, 6) is -0.718. The molecule has 2 aliphatic rings. The summed E-state index contributed by atoms with van der Waals surface area (Å²) in [6.07, 6.45) is 2.92. The van der Waals surface area contributed by atoms with Crippen LogP contribution < -0.4 is 5.32 Å². The van der Waals surface area contributed by atoms with Crippen LogP contribution in [0.2, 0.25) is 0 Å². The molecule has 1 aliphatic carbocycles. The number of likely N-dealkylation sites (N-methyl/N-ethyl adjacent to an activating group) is 1.